The summed E-state index contributed by atoms with van der Waals surface area (Å²) in [5, 5.41) is 3.43. The second kappa shape index (κ2) is 8.84. The number of anilines is 2. The number of amides is 1. The molecule has 8 heteroatoms. The molecule has 0 bridgehead atoms. The Morgan fingerprint density at radius 2 is 1.54 bits per heavy atom. The van der Waals surface area contributed by atoms with Crippen LogP contribution in [0.2, 0.25) is 0 Å². The molecule has 0 aliphatic rings. The Hall–Kier alpha value is -2.35. The lowest BCUT2D eigenvalue weighted by molar-refractivity contribution is -0.119. The molecule has 0 saturated heterocycles. The minimum absolute atomic E-state index is 0.0470. The Bertz CT molecular complexity index is 728. The van der Waals surface area contributed by atoms with Crippen LogP contribution < -0.4 is 16.8 Å². The molecule has 0 spiro atoms. The Morgan fingerprint density at radius 3 is 2.04 bits per heavy atom. The van der Waals surface area contributed by atoms with Gasteiger partial charge in [0, 0.05) is 0 Å². The number of hydrogen-bond donors (Lipinski definition) is 3. The van der Waals surface area contributed by atoms with Gasteiger partial charge in [0.1, 0.15) is 0 Å². The zero-order chi connectivity index (χ0) is 19.3. The molecule has 0 aliphatic heterocycles. The topological polar surface area (TPSA) is 120 Å². The van der Waals surface area contributed by atoms with E-state index < -0.39 is 0 Å². The summed E-state index contributed by atoms with van der Waals surface area (Å²) in [5.74, 6) is 0.914. The van der Waals surface area contributed by atoms with Gasteiger partial charge in [-0.05, 0) is 23.0 Å². The second-order valence-electron chi connectivity index (χ2n) is 6.73. The molecular weight excluding hydrogens is 348 g/mol. The molecule has 2 rings (SSSR count). The highest BCUT2D eigenvalue weighted by molar-refractivity contribution is 7.99. The summed E-state index contributed by atoms with van der Waals surface area (Å²) in [4.78, 5) is 24.0. The molecule has 2 aromatic rings. The molecule has 7 nitrogen and oxygen atoms in total. The van der Waals surface area contributed by atoms with Crippen LogP contribution in [0.3, 0.4) is 0 Å². The lowest BCUT2D eigenvalue weighted by Gasteiger charge is -2.23. The van der Waals surface area contributed by atoms with Gasteiger partial charge in [0.25, 0.3) is 0 Å². The SMILES string of the molecule is CC(C)c1ccc([C@H](NC(=O)CSc2nc(N)nc(N)n2)C(C)C)cc1. The first-order chi connectivity index (χ1) is 12.3. The first-order valence-corrected chi connectivity index (χ1v) is 9.54. The van der Waals surface area contributed by atoms with Gasteiger partial charge in [0.15, 0.2) is 5.16 Å². The van der Waals surface area contributed by atoms with Crippen LogP contribution in [0.1, 0.15) is 50.8 Å². The normalized spacial score (nSPS) is 12.4. The van der Waals surface area contributed by atoms with Crippen LogP contribution in [0.25, 0.3) is 0 Å². The minimum Gasteiger partial charge on any atom is -0.368 e. The number of carbonyl (C=O) groups is 1. The molecule has 26 heavy (non-hydrogen) atoms. The van der Waals surface area contributed by atoms with Crippen LogP contribution in [0.15, 0.2) is 29.4 Å². The van der Waals surface area contributed by atoms with Crippen molar-refractivity contribution < 1.29 is 4.79 Å². The average molecular weight is 375 g/mol. The van der Waals surface area contributed by atoms with Gasteiger partial charge >= 0.3 is 0 Å². The number of thioether (sulfide) groups is 1. The third-order valence-electron chi connectivity index (χ3n) is 3.93. The lowest BCUT2D eigenvalue weighted by atomic mass is 9.93. The van der Waals surface area contributed by atoms with Gasteiger partial charge in [-0.15, -0.1) is 0 Å². The number of carbonyl (C=O) groups excluding carboxylic acids is 1. The summed E-state index contributed by atoms with van der Waals surface area (Å²) in [5.41, 5.74) is 13.5. The maximum atomic E-state index is 12.4. The van der Waals surface area contributed by atoms with Crippen LogP contribution in [0.4, 0.5) is 11.9 Å². The molecule has 0 radical (unpaired) electrons. The van der Waals surface area contributed by atoms with Gasteiger partial charge in [-0.1, -0.05) is 63.7 Å². The summed E-state index contributed by atoms with van der Waals surface area (Å²) in [7, 11) is 0. The van der Waals surface area contributed by atoms with Crippen LogP contribution in [-0.4, -0.2) is 26.6 Å². The first-order valence-electron chi connectivity index (χ1n) is 8.55. The summed E-state index contributed by atoms with van der Waals surface area (Å²) < 4.78 is 0. The molecule has 0 unspecified atom stereocenters. The van der Waals surface area contributed by atoms with E-state index in [1.165, 1.54) is 17.3 Å². The largest absolute Gasteiger partial charge is 0.368 e. The Kier molecular flexibility index (Phi) is 6.79. The quantitative estimate of drug-likeness (QED) is 0.637. The van der Waals surface area contributed by atoms with E-state index in [0.29, 0.717) is 11.1 Å². The molecule has 0 aliphatic carbocycles. The van der Waals surface area contributed by atoms with Gasteiger partial charge in [-0.2, -0.15) is 15.0 Å². The number of rotatable bonds is 7. The highest BCUT2D eigenvalue weighted by Crippen LogP contribution is 2.24. The monoisotopic (exact) mass is 374 g/mol. The Labute approximate surface area is 158 Å². The minimum atomic E-state index is -0.0980. The smallest absolute Gasteiger partial charge is 0.230 e. The van der Waals surface area contributed by atoms with Crippen LogP contribution in [0, 0.1) is 5.92 Å². The fourth-order valence-electron chi connectivity index (χ4n) is 2.52. The van der Waals surface area contributed by atoms with Crippen molar-refractivity contribution in [2.24, 2.45) is 5.92 Å². The molecule has 0 fully saturated rings. The number of hydrogen-bond acceptors (Lipinski definition) is 7. The van der Waals surface area contributed by atoms with Gasteiger partial charge in [0.2, 0.25) is 17.8 Å². The zero-order valence-corrected chi connectivity index (χ0v) is 16.4. The fraction of sp³-hybridized carbons (Fsp3) is 0.444. The van der Waals surface area contributed by atoms with Crippen molar-refractivity contribution >= 4 is 29.6 Å². The number of benzene rings is 1. The number of nitrogens with one attached hydrogen (secondary N) is 1. The maximum Gasteiger partial charge on any atom is 0.230 e. The molecule has 1 aromatic carbocycles. The maximum absolute atomic E-state index is 12.4. The van der Waals surface area contributed by atoms with Crippen LogP contribution >= 0.6 is 11.8 Å². The average Bonchev–Trinajstić information content (AvgIpc) is 2.57. The molecule has 0 saturated carbocycles. The molecule has 1 atom stereocenters. The van der Waals surface area contributed by atoms with Crippen LogP contribution in [-0.2, 0) is 4.79 Å². The van der Waals surface area contributed by atoms with Crippen molar-refractivity contribution in [2.75, 3.05) is 17.2 Å². The van der Waals surface area contributed by atoms with Crippen LogP contribution in [0.5, 0.6) is 0 Å². The molecule has 5 N–H and O–H groups in total. The van der Waals surface area contributed by atoms with E-state index in [9.17, 15) is 4.79 Å². The standard InChI is InChI=1S/C18H26N6OS/c1-10(2)12-5-7-13(8-6-12)15(11(3)4)21-14(25)9-26-18-23-16(19)22-17(20)24-18/h5-8,10-11,15H,9H2,1-4H3,(H,21,25)(H4,19,20,22,23,24)/t15-/m1/s1. The highest BCUT2D eigenvalue weighted by Gasteiger charge is 2.19. The van der Waals surface area contributed by atoms with E-state index in [1.54, 1.807) is 0 Å². The van der Waals surface area contributed by atoms with Gasteiger partial charge in [-0.25, -0.2) is 0 Å². The van der Waals surface area contributed by atoms with Crippen molar-refractivity contribution in [1.29, 1.82) is 0 Å². The predicted molar refractivity (Wildman–Crippen MR) is 106 cm³/mol. The summed E-state index contributed by atoms with van der Waals surface area (Å²) in [6.45, 7) is 8.49. The number of nitrogens with two attached hydrogens (primary N) is 2. The van der Waals surface area contributed by atoms with E-state index in [0.717, 1.165) is 5.56 Å². The highest BCUT2D eigenvalue weighted by atomic mass is 32.2. The summed E-state index contributed by atoms with van der Waals surface area (Å²) in [6, 6.07) is 8.35. The third-order valence-corrected chi connectivity index (χ3v) is 4.77. The number of aromatic nitrogens is 3. The van der Waals surface area contributed by atoms with Crippen molar-refractivity contribution in [2.45, 2.75) is 44.8 Å². The molecule has 1 amide bonds. The molecule has 1 heterocycles. The van der Waals surface area contributed by atoms with E-state index in [1.807, 2.05) is 0 Å². The van der Waals surface area contributed by atoms with Gasteiger partial charge in [-0.3, -0.25) is 4.79 Å². The Morgan fingerprint density at radius 1 is 1.00 bits per heavy atom. The molecule has 1 aromatic heterocycles. The van der Waals surface area contributed by atoms with Crippen molar-refractivity contribution in [3.63, 3.8) is 0 Å². The van der Waals surface area contributed by atoms with E-state index in [2.05, 4.69) is 72.2 Å². The molecular formula is C18H26N6OS. The second-order valence-corrected chi connectivity index (χ2v) is 7.68. The van der Waals surface area contributed by atoms with Gasteiger partial charge < -0.3 is 16.8 Å². The third kappa shape index (κ3) is 5.59. The zero-order valence-electron chi connectivity index (χ0n) is 15.6. The molecule has 140 valence electrons. The van der Waals surface area contributed by atoms with Crippen molar-refractivity contribution in [3.8, 4) is 0 Å². The van der Waals surface area contributed by atoms with E-state index >= 15 is 0 Å². The fourth-order valence-corrected chi connectivity index (χ4v) is 3.18. The first kappa shape index (κ1) is 20.0. The lowest BCUT2D eigenvalue weighted by Crippen LogP contribution is -2.33. The summed E-state index contributed by atoms with van der Waals surface area (Å²) in [6.07, 6.45) is 0. The summed E-state index contributed by atoms with van der Waals surface area (Å²) >= 11 is 1.18. The number of nitrogen functional groups attached to an aromatic ring is 2. The Balaban J connectivity index is 2.01. The van der Waals surface area contributed by atoms with E-state index in [4.69, 9.17) is 11.5 Å². The predicted octanol–water partition coefficient (Wildman–Crippen LogP) is 2.77. The van der Waals surface area contributed by atoms with E-state index in [-0.39, 0.29) is 35.5 Å². The van der Waals surface area contributed by atoms with Crippen molar-refractivity contribution in [1.82, 2.24) is 20.3 Å². The van der Waals surface area contributed by atoms with Crippen molar-refractivity contribution in [3.05, 3.63) is 35.4 Å². The number of nitrogens with zero attached hydrogens (tertiary/aromatic N) is 3. The van der Waals surface area contributed by atoms with Gasteiger partial charge in [0.05, 0.1) is 11.8 Å².